The van der Waals surface area contributed by atoms with Gasteiger partial charge in [-0.15, -0.1) is 0 Å². The quantitative estimate of drug-likeness (QED) is 0.635. The van der Waals surface area contributed by atoms with Gasteiger partial charge in [0.05, 0.1) is 18.0 Å². The molecule has 0 aromatic carbocycles. The Morgan fingerprint density at radius 1 is 1.56 bits per heavy atom. The number of aliphatic hydroxyl groups excluding tert-OH is 1. The number of rotatable bonds is 6. The van der Waals surface area contributed by atoms with Crippen LogP contribution in [0.15, 0.2) is 18.3 Å². The topological polar surface area (TPSA) is 82.5 Å². The monoisotopic (exact) mass is 224 g/mol. The maximum absolute atomic E-state index is 10.5. The number of hydrogen-bond acceptors (Lipinski definition) is 4. The first-order valence-electron chi connectivity index (χ1n) is 5.21. The van der Waals surface area contributed by atoms with Gasteiger partial charge < -0.3 is 15.5 Å². The molecule has 0 saturated carbocycles. The second-order valence-corrected chi connectivity index (χ2v) is 3.66. The number of anilines is 1. The Hall–Kier alpha value is -1.62. The molecule has 0 radical (unpaired) electrons. The maximum atomic E-state index is 10.5. The van der Waals surface area contributed by atoms with Crippen molar-refractivity contribution in [1.82, 2.24) is 4.98 Å². The van der Waals surface area contributed by atoms with Crippen molar-refractivity contribution in [3.05, 3.63) is 24.0 Å². The molecule has 0 spiro atoms. The van der Waals surface area contributed by atoms with E-state index < -0.39 is 5.97 Å². The van der Waals surface area contributed by atoms with E-state index in [9.17, 15) is 4.79 Å². The minimum atomic E-state index is -1.03. The van der Waals surface area contributed by atoms with Crippen LogP contribution in [-0.4, -0.2) is 33.8 Å². The third-order valence-corrected chi connectivity index (χ3v) is 2.11. The van der Waals surface area contributed by atoms with Crippen LogP contribution in [0.2, 0.25) is 0 Å². The van der Waals surface area contributed by atoms with Gasteiger partial charge in [0.1, 0.15) is 5.69 Å². The Kier molecular flexibility index (Phi) is 4.72. The summed E-state index contributed by atoms with van der Waals surface area (Å²) in [6, 6.07) is 3.14. The molecular formula is C11H16N2O3. The summed E-state index contributed by atoms with van der Waals surface area (Å²) < 4.78 is 0. The number of carboxylic acids is 1. The van der Waals surface area contributed by atoms with E-state index in [-0.39, 0.29) is 11.8 Å². The lowest BCUT2D eigenvalue weighted by atomic mass is 10.2. The van der Waals surface area contributed by atoms with E-state index in [2.05, 4.69) is 10.3 Å². The molecule has 5 nitrogen and oxygen atoms in total. The lowest BCUT2D eigenvalue weighted by Gasteiger charge is -2.07. The van der Waals surface area contributed by atoms with Gasteiger partial charge in [0.25, 0.3) is 0 Å². The fraction of sp³-hybridized carbons (Fsp3) is 0.455. The predicted molar refractivity (Wildman–Crippen MR) is 60.6 cm³/mol. The molecule has 0 bridgehead atoms. The SMILES string of the molecule is CC(O)CCCNc1ccc(C(=O)O)nc1. The standard InChI is InChI=1S/C11H16N2O3/c1-8(14)3-2-6-12-9-4-5-10(11(15)16)13-7-9/h4-5,7-8,12,14H,2-3,6H2,1H3,(H,15,16). The fourth-order valence-corrected chi connectivity index (χ4v) is 1.26. The van der Waals surface area contributed by atoms with Crippen molar-refractivity contribution in [2.45, 2.75) is 25.9 Å². The molecular weight excluding hydrogens is 208 g/mol. The van der Waals surface area contributed by atoms with Crippen LogP contribution in [0.1, 0.15) is 30.3 Å². The number of carboxylic acid groups (broad SMARTS) is 1. The van der Waals surface area contributed by atoms with Gasteiger partial charge in [-0.05, 0) is 31.9 Å². The highest BCUT2D eigenvalue weighted by Gasteiger charge is 2.03. The third-order valence-electron chi connectivity index (χ3n) is 2.11. The molecule has 1 atom stereocenters. The van der Waals surface area contributed by atoms with Gasteiger partial charge in [-0.1, -0.05) is 0 Å². The summed E-state index contributed by atoms with van der Waals surface area (Å²) >= 11 is 0. The van der Waals surface area contributed by atoms with Gasteiger partial charge in [0.2, 0.25) is 0 Å². The highest BCUT2D eigenvalue weighted by molar-refractivity contribution is 5.85. The lowest BCUT2D eigenvalue weighted by Crippen LogP contribution is -2.07. The number of carbonyl (C=O) groups is 1. The van der Waals surface area contributed by atoms with Gasteiger partial charge in [-0.2, -0.15) is 0 Å². The smallest absolute Gasteiger partial charge is 0.354 e. The van der Waals surface area contributed by atoms with Crippen LogP contribution < -0.4 is 5.32 Å². The molecule has 0 aliphatic rings. The Morgan fingerprint density at radius 2 is 2.31 bits per heavy atom. The van der Waals surface area contributed by atoms with Gasteiger partial charge in [-0.3, -0.25) is 0 Å². The minimum absolute atomic E-state index is 0.0366. The summed E-state index contributed by atoms with van der Waals surface area (Å²) in [6.45, 7) is 2.49. The first-order chi connectivity index (χ1) is 7.59. The first kappa shape index (κ1) is 12.4. The highest BCUT2D eigenvalue weighted by atomic mass is 16.4. The number of nitrogens with zero attached hydrogens (tertiary/aromatic N) is 1. The van der Waals surface area contributed by atoms with Crippen molar-refractivity contribution < 1.29 is 15.0 Å². The molecule has 1 heterocycles. The van der Waals surface area contributed by atoms with E-state index in [1.54, 1.807) is 13.0 Å². The van der Waals surface area contributed by atoms with Crippen molar-refractivity contribution in [2.75, 3.05) is 11.9 Å². The molecule has 0 aliphatic carbocycles. The molecule has 1 rings (SSSR count). The highest BCUT2D eigenvalue weighted by Crippen LogP contribution is 2.06. The molecule has 3 N–H and O–H groups in total. The number of aromatic carboxylic acids is 1. The van der Waals surface area contributed by atoms with Crippen molar-refractivity contribution in [1.29, 1.82) is 0 Å². The van der Waals surface area contributed by atoms with Crippen molar-refractivity contribution in [2.24, 2.45) is 0 Å². The van der Waals surface area contributed by atoms with Crippen LogP contribution in [0, 0.1) is 0 Å². The lowest BCUT2D eigenvalue weighted by molar-refractivity contribution is 0.0690. The van der Waals surface area contributed by atoms with Crippen LogP contribution in [0.25, 0.3) is 0 Å². The van der Waals surface area contributed by atoms with E-state index in [1.807, 2.05) is 0 Å². The Balaban J connectivity index is 2.35. The number of pyridine rings is 1. The van der Waals surface area contributed by atoms with Crippen molar-refractivity contribution in [3.8, 4) is 0 Å². The maximum Gasteiger partial charge on any atom is 0.354 e. The predicted octanol–water partition coefficient (Wildman–Crippen LogP) is 1.35. The molecule has 1 aromatic heterocycles. The van der Waals surface area contributed by atoms with Gasteiger partial charge in [-0.25, -0.2) is 9.78 Å². The molecule has 1 unspecified atom stereocenters. The second kappa shape index (κ2) is 6.07. The summed E-state index contributed by atoms with van der Waals surface area (Å²) in [5.74, 6) is -1.03. The largest absolute Gasteiger partial charge is 0.477 e. The Bertz CT molecular complexity index is 336. The number of hydrogen-bond donors (Lipinski definition) is 3. The van der Waals surface area contributed by atoms with Gasteiger partial charge >= 0.3 is 5.97 Å². The molecule has 0 fully saturated rings. The van der Waals surface area contributed by atoms with E-state index >= 15 is 0 Å². The second-order valence-electron chi connectivity index (χ2n) is 3.66. The van der Waals surface area contributed by atoms with Crippen LogP contribution >= 0.6 is 0 Å². The van der Waals surface area contributed by atoms with E-state index in [4.69, 9.17) is 10.2 Å². The summed E-state index contributed by atoms with van der Waals surface area (Å²) in [5, 5.41) is 20.8. The average molecular weight is 224 g/mol. The fourth-order valence-electron chi connectivity index (χ4n) is 1.26. The van der Waals surface area contributed by atoms with Gasteiger partial charge in [0, 0.05) is 6.54 Å². The number of aliphatic hydroxyl groups is 1. The number of aromatic nitrogens is 1. The molecule has 88 valence electrons. The van der Waals surface area contributed by atoms with Crippen LogP contribution in [0.5, 0.6) is 0 Å². The minimum Gasteiger partial charge on any atom is -0.477 e. The first-order valence-corrected chi connectivity index (χ1v) is 5.21. The van der Waals surface area contributed by atoms with Gasteiger partial charge in [0.15, 0.2) is 0 Å². The molecule has 1 aromatic rings. The summed E-state index contributed by atoms with van der Waals surface area (Å²) in [7, 11) is 0. The average Bonchev–Trinajstić information content (AvgIpc) is 2.25. The molecule has 0 aliphatic heterocycles. The van der Waals surface area contributed by atoms with Crippen molar-refractivity contribution in [3.63, 3.8) is 0 Å². The van der Waals surface area contributed by atoms with E-state index in [0.29, 0.717) is 0 Å². The summed E-state index contributed by atoms with van der Waals surface area (Å²) in [5.41, 5.74) is 0.824. The van der Waals surface area contributed by atoms with Crippen molar-refractivity contribution >= 4 is 11.7 Å². The third kappa shape index (κ3) is 4.27. The summed E-state index contributed by atoms with van der Waals surface area (Å²) in [4.78, 5) is 14.3. The number of nitrogens with one attached hydrogen (secondary N) is 1. The molecule has 0 saturated heterocycles. The molecule has 0 amide bonds. The zero-order valence-corrected chi connectivity index (χ0v) is 9.18. The normalized spacial score (nSPS) is 12.1. The molecule has 16 heavy (non-hydrogen) atoms. The summed E-state index contributed by atoms with van der Waals surface area (Å²) in [6.07, 6.45) is 2.81. The van der Waals surface area contributed by atoms with E-state index in [0.717, 1.165) is 25.1 Å². The van der Waals surface area contributed by atoms with Crippen LogP contribution in [0.3, 0.4) is 0 Å². The van der Waals surface area contributed by atoms with E-state index in [1.165, 1.54) is 12.3 Å². The zero-order chi connectivity index (χ0) is 12.0. The van der Waals surface area contributed by atoms with Crippen LogP contribution in [-0.2, 0) is 0 Å². The molecule has 5 heteroatoms. The Morgan fingerprint density at radius 3 is 2.81 bits per heavy atom. The zero-order valence-electron chi connectivity index (χ0n) is 9.18. The Labute approximate surface area is 94.1 Å². The van der Waals surface area contributed by atoms with Crippen LogP contribution in [0.4, 0.5) is 5.69 Å².